The van der Waals surface area contributed by atoms with Gasteiger partial charge in [0.15, 0.2) is 0 Å². The van der Waals surface area contributed by atoms with E-state index in [4.69, 9.17) is 4.98 Å². The van der Waals surface area contributed by atoms with Crippen LogP contribution in [0.1, 0.15) is 63.5 Å². The second-order valence-corrected chi connectivity index (χ2v) is 11.2. The Kier molecular flexibility index (Phi) is 7.43. The lowest BCUT2D eigenvalue weighted by Gasteiger charge is -2.46. The van der Waals surface area contributed by atoms with Gasteiger partial charge in [0.1, 0.15) is 0 Å². The summed E-state index contributed by atoms with van der Waals surface area (Å²) < 4.78 is 0. The normalized spacial score (nSPS) is 22.8. The first kappa shape index (κ1) is 24.0. The number of anilines is 1. The lowest BCUT2D eigenvalue weighted by atomic mass is 9.97. The van der Waals surface area contributed by atoms with Crippen LogP contribution < -0.4 is 4.90 Å². The van der Waals surface area contributed by atoms with Gasteiger partial charge in [-0.1, -0.05) is 26.8 Å². The Labute approximate surface area is 207 Å². The van der Waals surface area contributed by atoms with E-state index in [1.165, 1.54) is 93.7 Å². The molecule has 0 N–H and O–H groups in total. The molecule has 34 heavy (non-hydrogen) atoms. The molecule has 0 saturated carbocycles. The smallest absolute Gasteiger partial charge is 0.0723 e. The molecule has 3 saturated heterocycles. The van der Waals surface area contributed by atoms with E-state index >= 15 is 0 Å². The Hall–Kier alpha value is -1.69. The number of pyridine rings is 1. The van der Waals surface area contributed by atoms with E-state index in [1.54, 1.807) is 0 Å². The summed E-state index contributed by atoms with van der Waals surface area (Å²) in [6.45, 7) is 20.3. The Morgan fingerprint density at radius 3 is 2.00 bits per heavy atom. The van der Waals surface area contributed by atoms with E-state index in [2.05, 4.69) is 71.7 Å². The van der Waals surface area contributed by atoms with Crippen LogP contribution in [0.15, 0.2) is 24.4 Å². The van der Waals surface area contributed by atoms with E-state index in [-0.39, 0.29) is 0 Å². The number of piperazine rings is 1. The highest BCUT2D eigenvalue weighted by atomic mass is 15.3. The van der Waals surface area contributed by atoms with Crippen LogP contribution in [0.3, 0.4) is 0 Å². The number of aryl methyl sites for hydroxylation is 1. The zero-order chi connectivity index (χ0) is 23.7. The molecule has 186 valence electrons. The van der Waals surface area contributed by atoms with E-state index < -0.39 is 0 Å². The summed E-state index contributed by atoms with van der Waals surface area (Å²) in [6.07, 6.45) is 7.36. The van der Waals surface area contributed by atoms with Gasteiger partial charge in [0.25, 0.3) is 0 Å². The summed E-state index contributed by atoms with van der Waals surface area (Å²) in [5.74, 6) is 0.543. The van der Waals surface area contributed by atoms with Gasteiger partial charge >= 0.3 is 0 Å². The number of aromatic nitrogens is 1. The molecule has 0 spiro atoms. The van der Waals surface area contributed by atoms with Gasteiger partial charge in [0, 0.05) is 62.9 Å². The van der Waals surface area contributed by atoms with Crippen molar-refractivity contribution in [2.45, 2.75) is 71.4 Å². The Bertz CT molecular complexity index is 948. The van der Waals surface area contributed by atoms with Crippen molar-refractivity contribution < 1.29 is 0 Å². The zero-order valence-corrected chi connectivity index (χ0v) is 22.0. The number of rotatable bonds is 5. The highest BCUT2D eigenvalue weighted by Crippen LogP contribution is 2.34. The molecule has 0 amide bonds. The minimum Gasteiger partial charge on any atom is -0.371 e. The first-order valence-electron chi connectivity index (χ1n) is 13.9. The van der Waals surface area contributed by atoms with Crippen LogP contribution in [-0.4, -0.2) is 90.7 Å². The van der Waals surface area contributed by atoms with Gasteiger partial charge in [-0.25, -0.2) is 0 Å². The summed E-state index contributed by atoms with van der Waals surface area (Å²) in [7, 11) is 0. The van der Waals surface area contributed by atoms with E-state index in [0.29, 0.717) is 5.92 Å². The number of benzene rings is 1. The first-order valence-corrected chi connectivity index (χ1v) is 13.9. The molecule has 3 aliphatic heterocycles. The van der Waals surface area contributed by atoms with Crippen LogP contribution in [0.4, 0.5) is 5.69 Å². The molecule has 0 unspecified atom stereocenters. The minimum absolute atomic E-state index is 0.543. The Morgan fingerprint density at radius 2 is 1.44 bits per heavy atom. The van der Waals surface area contributed by atoms with Crippen molar-refractivity contribution in [1.29, 1.82) is 0 Å². The van der Waals surface area contributed by atoms with Crippen LogP contribution in [0.5, 0.6) is 0 Å². The number of likely N-dealkylation sites (tertiary alicyclic amines) is 1. The highest BCUT2D eigenvalue weighted by Gasteiger charge is 2.31. The van der Waals surface area contributed by atoms with Crippen LogP contribution in [-0.2, 0) is 0 Å². The standard InChI is InChI=1S/C29H45N5/c1-5-31-12-8-25(9-13-31)32-16-18-33(19-17-32)26-10-14-34(15-11-26)29-23(4)21-30-28-7-6-24(22(2)3)20-27(28)29/h6-7,20-22,25-26H,5,8-19H2,1-4H3. The van der Waals surface area contributed by atoms with Crippen molar-refractivity contribution in [1.82, 2.24) is 19.7 Å². The number of piperidine rings is 2. The quantitative estimate of drug-likeness (QED) is 0.638. The van der Waals surface area contributed by atoms with Crippen molar-refractivity contribution >= 4 is 16.6 Å². The van der Waals surface area contributed by atoms with Gasteiger partial charge in [0.2, 0.25) is 0 Å². The Morgan fingerprint density at radius 1 is 0.853 bits per heavy atom. The predicted octanol–water partition coefficient (Wildman–Crippen LogP) is 4.74. The molecular weight excluding hydrogens is 418 g/mol. The average Bonchev–Trinajstić information content (AvgIpc) is 2.88. The third-order valence-electron chi connectivity index (χ3n) is 8.88. The fourth-order valence-electron chi connectivity index (χ4n) is 6.60. The van der Waals surface area contributed by atoms with E-state index in [9.17, 15) is 0 Å². The largest absolute Gasteiger partial charge is 0.371 e. The van der Waals surface area contributed by atoms with Crippen molar-refractivity contribution in [2.75, 3.05) is 63.8 Å². The van der Waals surface area contributed by atoms with Gasteiger partial charge < -0.3 is 9.80 Å². The van der Waals surface area contributed by atoms with Crippen molar-refractivity contribution in [3.05, 3.63) is 35.5 Å². The van der Waals surface area contributed by atoms with Crippen LogP contribution >= 0.6 is 0 Å². The third-order valence-corrected chi connectivity index (χ3v) is 8.88. The van der Waals surface area contributed by atoms with Crippen LogP contribution in [0, 0.1) is 6.92 Å². The maximum absolute atomic E-state index is 4.74. The molecule has 4 heterocycles. The minimum atomic E-state index is 0.543. The monoisotopic (exact) mass is 463 g/mol. The molecule has 0 bridgehead atoms. The zero-order valence-electron chi connectivity index (χ0n) is 22.0. The molecule has 1 aromatic carbocycles. The van der Waals surface area contributed by atoms with Crippen LogP contribution in [0.25, 0.3) is 10.9 Å². The van der Waals surface area contributed by atoms with Gasteiger partial charge in [-0.3, -0.25) is 14.8 Å². The number of nitrogens with zero attached hydrogens (tertiary/aromatic N) is 5. The molecule has 5 heteroatoms. The van der Waals surface area contributed by atoms with Gasteiger partial charge in [-0.2, -0.15) is 0 Å². The fourth-order valence-corrected chi connectivity index (χ4v) is 6.60. The number of fused-ring (bicyclic) bond motifs is 1. The highest BCUT2D eigenvalue weighted by molar-refractivity contribution is 5.93. The molecule has 0 aliphatic carbocycles. The molecule has 2 aromatic rings. The maximum Gasteiger partial charge on any atom is 0.0723 e. The SMILES string of the molecule is CCN1CCC(N2CCN(C3CCN(c4c(C)cnc5ccc(C(C)C)cc45)CC3)CC2)CC1. The fraction of sp³-hybridized carbons (Fsp3) is 0.690. The van der Waals surface area contributed by atoms with E-state index in [0.717, 1.165) is 30.7 Å². The van der Waals surface area contributed by atoms with Gasteiger partial charge in [-0.15, -0.1) is 0 Å². The third kappa shape index (κ3) is 4.98. The molecular formula is C29H45N5. The summed E-state index contributed by atoms with van der Waals surface area (Å²) in [6, 6.07) is 8.43. The second kappa shape index (κ2) is 10.5. The second-order valence-electron chi connectivity index (χ2n) is 11.2. The van der Waals surface area contributed by atoms with Crippen molar-refractivity contribution in [3.63, 3.8) is 0 Å². The molecule has 1 aromatic heterocycles. The molecule has 0 radical (unpaired) electrons. The maximum atomic E-state index is 4.74. The molecule has 3 fully saturated rings. The lowest BCUT2D eigenvalue weighted by Crippen LogP contribution is -2.56. The van der Waals surface area contributed by atoms with Gasteiger partial charge in [0.05, 0.1) is 11.2 Å². The number of hydrogen-bond acceptors (Lipinski definition) is 5. The molecule has 3 aliphatic rings. The van der Waals surface area contributed by atoms with Crippen molar-refractivity contribution in [2.24, 2.45) is 0 Å². The average molecular weight is 464 g/mol. The molecule has 5 nitrogen and oxygen atoms in total. The van der Waals surface area contributed by atoms with Gasteiger partial charge in [-0.05, 0) is 81.4 Å². The Balaban J connectivity index is 1.19. The summed E-state index contributed by atoms with van der Waals surface area (Å²) in [5.41, 5.74) is 5.28. The lowest BCUT2D eigenvalue weighted by molar-refractivity contribution is 0.0384. The topological polar surface area (TPSA) is 25.9 Å². The first-order chi connectivity index (χ1) is 16.5. The molecule has 0 atom stereocenters. The summed E-state index contributed by atoms with van der Waals surface area (Å²) in [5, 5.41) is 1.34. The van der Waals surface area contributed by atoms with E-state index in [1.807, 2.05) is 0 Å². The summed E-state index contributed by atoms with van der Waals surface area (Å²) >= 11 is 0. The molecule has 5 rings (SSSR count). The van der Waals surface area contributed by atoms with Crippen molar-refractivity contribution in [3.8, 4) is 0 Å². The van der Waals surface area contributed by atoms with Crippen LogP contribution in [0.2, 0.25) is 0 Å². The number of hydrogen-bond donors (Lipinski definition) is 0. The predicted molar refractivity (Wildman–Crippen MR) is 144 cm³/mol. The summed E-state index contributed by atoms with van der Waals surface area (Å²) in [4.78, 5) is 15.6.